The number of hydrogen-bond acceptors (Lipinski definition) is 6. The molecule has 2 heterocycles. The van der Waals surface area contributed by atoms with Crippen molar-refractivity contribution in [3.63, 3.8) is 0 Å². The lowest BCUT2D eigenvalue weighted by molar-refractivity contribution is 0.0272. The Morgan fingerprint density at radius 3 is 2.76 bits per heavy atom. The molecule has 8 heteroatoms. The second-order valence-electron chi connectivity index (χ2n) is 3.65. The maximum atomic E-state index is 12.0. The van der Waals surface area contributed by atoms with Gasteiger partial charge in [0.25, 0.3) is 10.0 Å². The van der Waals surface area contributed by atoms with E-state index in [0.29, 0.717) is 32.8 Å². The average molecular weight is 277 g/mol. The molecular weight excluding hydrogens is 262 g/mol. The number of hydrazine groups is 1. The Balaban J connectivity index is 2.07. The van der Waals surface area contributed by atoms with E-state index >= 15 is 0 Å². The fourth-order valence-corrected chi connectivity index (χ4v) is 3.76. The smallest absolute Gasteiger partial charge is 0.254 e. The maximum absolute atomic E-state index is 12.0. The zero-order chi connectivity index (χ0) is 12.3. The van der Waals surface area contributed by atoms with Crippen molar-refractivity contribution in [2.75, 3.05) is 26.3 Å². The van der Waals surface area contributed by atoms with Gasteiger partial charge in [0.15, 0.2) is 0 Å². The van der Waals surface area contributed by atoms with Crippen molar-refractivity contribution in [2.45, 2.75) is 11.4 Å². The van der Waals surface area contributed by atoms with Crippen LogP contribution in [0.15, 0.2) is 16.3 Å². The third-order valence-electron chi connectivity index (χ3n) is 2.40. The van der Waals surface area contributed by atoms with E-state index in [1.807, 2.05) is 0 Å². The molecule has 0 atom stereocenters. The first kappa shape index (κ1) is 12.9. The third kappa shape index (κ3) is 3.24. The van der Waals surface area contributed by atoms with Gasteiger partial charge in [-0.2, -0.15) is 0 Å². The predicted molar refractivity (Wildman–Crippen MR) is 64.9 cm³/mol. The molecule has 0 radical (unpaired) electrons. The lowest BCUT2D eigenvalue weighted by Gasteiger charge is -2.26. The summed E-state index contributed by atoms with van der Waals surface area (Å²) in [6.45, 7) is 2.57. The van der Waals surface area contributed by atoms with Gasteiger partial charge in [-0.15, -0.1) is 16.2 Å². The second kappa shape index (κ2) is 5.42. The van der Waals surface area contributed by atoms with Gasteiger partial charge in [-0.1, -0.05) is 0 Å². The fourth-order valence-electron chi connectivity index (χ4n) is 1.49. The van der Waals surface area contributed by atoms with E-state index in [0.717, 1.165) is 4.88 Å². The second-order valence-corrected chi connectivity index (χ2v) is 6.30. The molecule has 96 valence electrons. The van der Waals surface area contributed by atoms with Gasteiger partial charge in [0, 0.05) is 29.9 Å². The molecule has 17 heavy (non-hydrogen) atoms. The van der Waals surface area contributed by atoms with Gasteiger partial charge in [-0.3, -0.25) is 0 Å². The number of rotatable bonds is 4. The molecule has 0 bridgehead atoms. The molecule has 3 N–H and O–H groups in total. The van der Waals surface area contributed by atoms with E-state index in [2.05, 4.69) is 4.83 Å². The number of nitrogens with zero attached hydrogens (tertiary/aromatic N) is 1. The van der Waals surface area contributed by atoms with Crippen molar-refractivity contribution in [2.24, 2.45) is 5.73 Å². The minimum Gasteiger partial charge on any atom is -0.379 e. The van der Waals surface area contributed by atoms with Crippen molar-refractivity contribution in [3.05, 3.63) is 16.3 Å². The summed E-state index contributed by atoms with van der Waals surface area (Å²) in [5.41, 5.74) is 5.46. The summed E-state index contributed by atoms with van der Waals surface area (Å²) in [5.74, 6) is 0. The first-order chi connectivity index (χ1) is 8.12. The Morgan fingerprint density at radius 2 is 2.18 bits per heavy atom. The van der Waals surface area contributed by atoms with Crippen LogP contribution in [0.3, 0.4) is 0 Å². The minimum atomic E-state index is -3.47. The molecule has 0 aromatic carbocycles. The van der Waals surface area contributed by atoms with Gasteiger partial charge in [-0.05, 0) is 6.07 Å². The zero-order valence-corrected chi connectivity index (χ0v) is 10.9. The fraction of sp³-hybridized carbons (Fsp3) is 0.556. The highest BCUT2D eigenvalue weighted by atomic mass is 32.2. The average Bonchev–Trinajstić information content (AvgIpc) is 2.79. The van der Waals surface area contributed by atoms with Crippen LogP contribution in [0.5, 0.6) is 0 Å². The minimum absolute atomic E-state index is 0.273. The van der Waals surface area contributed by atoms with Crippen LogP contribution in [0.25, 0.3) is 0 Å². The van der Waals surface area contributed by atoms with E-state index in [-0.39, 0.29) is 4.90 Å². The summed E-state index contributed by atoms with van der Waals surface area (Å²) >= 11 is 1.35. The van der Waals surface area contributed by atoms with Crippen molar-refractivity contribution in [1.82, 2.24) is 9.84 Å². The Morgan fingerprint density at radius 1 is 1.47 bits per heavy atom. The Kier molecular flexibility index (Phi) is 4.13. The van der Waals surface area contributed by atoms with Gasteiger partial charge in [0.05, 0.1) is 18.1 Å². The molecule has 0 saturated carbocycles. The number of nitrogens with one attached hydrogen (secondary N) is 1. The SMILES string of the molecule is NCc1cc(S(=O)(=O)NN2CCOCC2)cs1. The van der Waals surface area contributed by atoms with Gasteiger partial charge in [-0.25, -0.2) is 13.4 Å². The van der Waals surface area contributed by atoms with Crippen molar-refractivity contribution < 1.29 is 13.2 Å². The van der Waals surface area contributed by atoms with Crippen LogP contribution in [0.4, 0.5) is 0 Å². The van der Waals surface area contributed by atoms with E-state index in [1.165, 1.54) is 11.3 Å². The number of morpholine rings is 1. The highest BCUT2D eigenvalue weighted by molar-refractivity contribution is 7.89. The summed E-state index contributed by atoms with van der Waals surface area (Å²) in [6, 6.07) is 1.60. The summed E-state index contributed by atoms with van der Waals surface area (Å²) in [6.07, 6.45) is 0. The van der Waals surface area contributed by atoms with Crippen LogP contribution in [-0.4, -0.2) is 39.7 Å². The van der Waals surface area contributed by atoms with Crippen LogP contribution in [0.2, 0.25) is 0 Å². The normalized spacial score (nSPS) is 18.4. The van der Waals surface area contributed by atoms with Crippen molar-refractivity contribution >= 4 is 21.4 Å². The number of nitrogens with two attached hydrogens (primary N) is 1. The number of thiophene rings is 1. The molecule has 0 unspecified atom stereocenters. The topological polar surface area (TPSA) is 84.7 Å². The van der Waals surface area contributed by atoms with E-state index in [4.69, 9.17) is 10.5 Å². The van der Waals surface area contributed by atoms with Crippen LogP contribution in [0, 0.1) is 0 Å². The number of sulfonamides is 1. The highest BCUT2D eigenvalue weighted by Crippen LogP contribution is 2.18. The molecule has 2 rings (SSSR count). The van der Waals surface area contributed by atoms with Crippen LogP contribution < -0.4 is 10.6 Å². The molecule has 1 aromatic heterocycles. The molecule has 0 spiro atoms. The largest absolute Gasteiger partial charge is 0.379 e. The first-order valence-electron chi connectivity index (χ1n) is 5.24. The summed E-state index contributed by atoms with van der Waals surface area (Å²) < 4.78 is 29.2. The van der Waals surface area contributed by atoms with Gasteiger partial charge in [0.2, 0.25) is 0 Å². The molecule has 1 fully saturated rings. The van der Waals surface area contributed by atoms with Crippen LogP contribution in [0.1, 0.15) is 4.88 Å². The summed E-state index contributed by atoms with van der Waals surface area (Å²) in [4.78, 5) is 3.67. The molecule has 6 nitrogen and oxygen atoms in total. The monoisotopic (exact) mass is 277 g/mol. The number of ether oxygens (including phenoxy) is 1. The van der Waals surface area contributed by atoms with Gasteiger partial charge in [0.1, 0.15) is 0 Å². The molecule has 1 aliphatic rings. The predicted octanol–water partition coefficient (Wildman–Crippen LogP) is -0.268. The quantitative estimate of drug-likeness (QED) is 0.791. The molecule has 1 saturated heterocycles. The van der Waals surface area contributed by atoms with Crippen molar-refractivity contribution in [1.29, 1.82) is 0 Å². The summed E-state index contributed by atoms with van der Waals surface area (Å²) in [7, 11) is -3.47. The summed E-state index contributed by atoms with van der Waals surface area (Å²) in [5, 5.41) is 3.25. The molecular formula is C9H15N3O3S2. The van der Waals surface area contributed by atoms with E-state index < -0.39 is 10.0 Å². The Bertz CT molecular complexity index is 466. The standard InChI is InChI=1S/C9H15N3O3S2/c10-6-8-5-9(7-16-8)17(13,14)11-12-1-3-15-4-2-12/h5,7,11H,1-4,6,10H2. The highest BCUT2D eigenvalue weighted by Gasteiger charge is 2.21. The maximum Gasteiger partial charge on any atom is 0.254 e. The lowest BCUT2D eigenvalue weighted by Crippen LogP contribution is -2.48. The van der Waals surface area contributed by atoms with E-state index in [1.54, 1.807) is 16.5 Å². The van der Waals surface area contributed by atoms with E-state index in [9.17, 15) is 8.42 Å². The lowest BCUT2D eigenvalue weighted by atomic mass is 10.5. The first-order valence-corrected chi connectivity index (χ1v) is 7.61. The zero-order valence-electron chi connectivity index (χ0n) is 9.26. The van der Waals surface area contributed by atoms with Crippen molar-refractivity contribution in [3.8, 4) is 0 Å². The number of hydrogen-bond donors (Lipinski definition) is 2. The Hall–Kier alpha value is -0.510. The Labute approximate surface area is 104 Å². The molecule has 1 aliphatic heterocycles. The van der Waals surface area contributed by atoms with Crippen LogP contribution in [-0.2, 0) is 21.3 Å². The molecule has 0 amide bonds. The third-order valence-corrected chi connectivity index (χ3v) is 4.86. The van der Waals surface area contributed by atoms with Gasteiger partial charge >= 0.3 is 0 Å². The molecule has 1 aromatic rings. The molecule has 0 aliphatic carbocycles. The van der Waals surface area contributed by atoms with Gasteiger partial charge < -0.3 is 10.5 Å². The van der Waals surface area contributed by atoms with Crippen LogP contribution >= 0.6 is 11.3 Å².